The van der Waals surface area contributed by atoms with Crippen LogP contribution in [0, 0.1) is 0 Å². The van der Waals surface area contributed by atoms with Gasteiger partial charge in [0.2, 0.25) is 0 Å². The molecule has 0 saturated heterocycles. The van der Waals surface area contributed by atoms with Crippen molar-refractivity contribution in [1.82, 2.24) is 0 Å². The number of rotatable bonds is 6. The van der Waals surface area contributed by atoms with Gasteiger partial charge in [-0.05, 0) is 18.4 Å². The van der Waals surface area contributed by atoms with Crippen molar-refractivity contribution >= 4 is 0 Å². The standard InChI is InChI=1S/C15H22/c1-3-5-7-11-14(10-4-2)15-12-8-6-9-13-15/h6-9,11-14H,3-5,10H2,1-2H3/b11-7+. The molecule has 1 atom stereocenters. The van der Waals surface area contributed by atoms with Gasteiger partial charge in [0.15, 0.2) is 0 Å². The van der Waals surface area contributed by atoms with Crippen LogP contribution in [0.5, 0.6) is 0 Å². The van der Waals surface area contributed by atoms with Gasteiger partial charge in [0.1, 0.15) is 0 Å². The van der Waals surface area contributed by atoms with E-state index in [1.165, 1.54) is 31.2 Å². The zero-order valence-electron chi connectivity index (χ0n) is 9.95. The Morgan fingerprint density at radius 3 is 2.40 bits per heavy atom. The fourth-order valence-electron chi connectivity index (χ4n) is 1.81. The van der Waals surface area contributed by atoms with Gasteiger partial charge in [-0.3, -0.25) is 0 Å². The molecule has 0 heteroatoms. The van der Waals surface area contributed by atoms with Crippen LogP contribution in [-0.4, -0.2) is 0 Å². The summed E-state index contributed by atoms with van der Waals surface area (Å²) < 4.78 is 0. The van der Waals surface area contributed by atoms with Crippen molar-refractivity contribution in [1.29, 1.82) is 0 Å². The van der Waals surface area contributed by atoms with Crippen molar-refractivity contribution in [2.24, 2.45) is 0 Å². The lowest BCUT2D eigenvalue weighted by Gasteiger charge is -2.11. The van der Waals surface area contributed by atoms with Gasteiger partial charge in [-0.15, -0.1) is 0 Å². The number of unbranched alkanes of at least 4 members (excludes halogenated alkanes) is 1. The van der Waals surface area contributed by atoms with Gasteiger partial charge in [-0.1, -0.05) is 69.2 Å². The monoisotopic (exact) mass is 202 g/mol. The minimum absolute atomic E-state index is 0.614. The first-order valence-corrected chi connectivity index (χ1v) is 6.10. The Labute approximate surface area is 94.0 Å². The van der Waals surface area contributed by atoms with Crippen molar-refractivity contribution < 1.29 is 0 Å². The van der Waals surface area contributed by atoms with Crippen LogP contribution >= 0.6 is 0 Å². The molecule has 0 radical (unpaired) electrons. The molecular weight excluding hydrogens is 180 g/mol. The molecule has 0 aromatic heterocycles. The summed E-state index contributed by atoms with van der Waals surface area (Å²) in [4.78, 5) is 0. The topological polar surface area (TPSA) is 0 Å². The van der Waals surface area contributed by atoms with Crippen LogP contribution < -0.4 is 0 Å². The van der Waals surface area contributed by atoms with E-state index < -0.39 is 0 Å². The highest BCUT2D eigenvalue weighted by atomic mass is 14.1. The lowest BCUT2D eigenvalue weighted by molar-refractivity contribution is 0.714. The van der Waals surface area contributed by atoms with Gasteiger partial charge in [0.25, 0.3) is 0 Å². The predicted molar refractivity (Wildman–Crippen MR) is 68.1 cm³/mol. The van der Waals surface area contributed by atoms with E-state index in [-0.39, 0.29) is 0 Å². The maximum absolute atomic E-state index is 2.38. The van der Waals surface area contributed by atoms with Crippen LogP contribution in [0.4, 0.5) is 0 Å². The Balaban J connectivity index is 2.65. The molecule has 0 bridgehead atoms. The van der Waals surface area contributed by atoms with Crippen LogP contribution in [0.15, 0.2) is 42.5 Å². The average molecular weight is 202 g/mol. The molecule has 1 aromatic rings. The van der Waals surface area contributed by atoms with Crippen LogP contribution in [-0.2, 0) is 0 Å². The van der Waals surface area contributed by atoms with Crippen molar-refractivity contribution in [3.8, 4) is 0 Å². The van der Waals surface area contributed by atoms with Crippen LogP contribution in [0.3, 0.4) is 0 Å². The van der Waals surface area contributed by atoms with E-state index in [4.69, 9.17) is 0 Å². The van der Waals surface area contributed by atoms with Crippen molar-refractivity contribution in [2.75, 3.05) is 0 Å². The van der Waals surface area contributed by atoms with E-state index in [9.17, 15) is 0 Å². The largest absolute Gasteiger partial charge is 0.0879 e. The quantitative estimate of drug-likeness (QED) is 0.574. The van der Waals surface area contributed by atoms with Crippen LogP contribution in [0.2, 0.25) is 0 Å². The van der Waals surface area contributed by atoms with E-state index in [2.05, 4.69) is 56.3 Å². The maximum Gasteiger partial charge on any atom is 0.00178 e. The van der Waals surface area contributed by atoms with Crippen LogP contribution in [0.1, 0.15) is 51.0 Å². The third-order valence-corrected chi connectivity index (χ3v) is 2.65. The summed E-state index contributed by atoms with van der Waals surface area (Å²) in [6, 6.07) is 10.8. The van der Waals surface area contributed by atoms with E-state index in [1.807, 2.05) is 0 Å². The van der Waals surface area contributed by atoms with E-state index in [0.717, 1.165) is 0 Å². The summed E-state index contributed by atoms with van der Waals surface area (Å²) in [5.74, 6) is 0.614. The first kappa shape index (κ1) is 12.0. The lowest BCUT2D eigenvalue weighted by atomic mass is 9.94. The second-order valence-electron chi connectivity index (χ2n) is 4.02. The third-order valence-electron chi connectivity index (χ3n) is 2.65. The summed E-state index contributed by atoms with van der Waals surface area (Å²) >= 11 is 0. The summed E-state index contributed by atoms with van der Waals surface area (Å²) in [6.07, 6.45) is 9.65. The predicted octanol–water partition coefficient (Wildman–Crippen LogP) is 4.93. The number of benzene rings is 1. The van der Waals surface area contributed by atoms with E-state index >= 15 is 0 Å². The molecule has 0 fully saturated rings. The fraction of sp³-hybridized carbons (Fsp3) is 0.467. The fourth-order valence-corrected chi connectivity index (χ4v) is 1.81. The van der Waals surface area contributed by atoms with Gasteiger partial charge in [0.05, 0.1) is 0 Å². The normalized spacial score (nSPS) is 13.2. The zero-order chi connectivity index (χ0) is 10.9. The molecule has 0 spiro atoms. The SMILES string of the molecule is CCC/C=C/C(CCC)c1ccccc1. The molecule has 0 heterocycles. The van der Waals surface area contributed by atoms with Crippen molar-refractivity contribution in [3.63, 3.8) is 0 Å². The van der Waals surface area contributed by atoms with Gasteiger partial charge >= 0.3 is 0 Å². The molecule has 0 aliphatic heterocycles. The van der Waals surface area contributed by atoms with Gasteiger partial charge in [-0.25, -0.2) is 0 Å². The number of hydrogen-bond donors (Lipinski definition) is 0. The van der Waals surface area contributed by atoms with E-state index in [1.54, 1.807) is 0 Å². The molecule has 1 unspecified atom stereocenters. The Kier molecular flexibility index (Phi) is 5.84. The first-order chi connectivity index (χ1) is 7.38. The Morgan fingerprint density at radius 2 is 1.80 bits per heavy atom. The van der Waals surface area contributed by atoms with Crippen molar-refractivity contribution in [2.45, 2.75) is 45.4 Å². The Bertz CT molecular complexity index is 271. The first-order valence-electron chi connectivity index (χ1n) is 6.10. The molecule has 1 rings (SSSR count). The minimum Gasteiger partial charge on any atom is -0.0879 e. The lowest BCUT2D eigenvalue weighted by Crippen LogP contribution is -1.94. The minimum atomic E-state index is 0.614. The highest BCUT2D eigenvalue weighted by molar-refractivity contribution is 5.23. The third kappa shape index (κ3) is 4.33. The average Bonchev–Trinajstić information content (AvgIpc) is 2.29. The summed E-state index contributed by atoms with van der Waals surface area (Å²) in [6.45, 7) is 4.48. The molecule has 0 N–H and O–H groups in total. The molecule has 15 heavy (non-hydrogen) atoms. The number of allylic oxidation sites excluding steroid dienone is 2. The molecular formula is C15H22. The summed E-state index contributed by atoms with van der Waals surface area (Å²) in [7, 11) is 0. The smallest absolute Gasteiger partial charge is 0.00178 e. The highest BCUT2D eigenvalue weighted by Gasteiger charge is 2.05. The molecule has 0 saturated carbocycles. The van der Waals surface area contributed by atoms with Gasteiger partial charge < -0.3 is 0 Å². The second kappa shape index (κ2) is 7.28. The molecule has 0 aliphatic rings. The molecule has 0 amide bonds. The maximum atomic E-state index is 2.38. The molecule has 0 aliphatic carbocycles. The number of hydrogen-bond acceptors (Lipinski definition) is 0. The van der Waals surface area contributed by atoms with Crippen LogP contribution in [0.25, 0.3) is 0 Å². The zero-order valence-corrected chi connectivity index (χ0v) is 9.95. The van der Waals surface area contributed by atoms with Gasteiger partial charge in [-0.2, -0.15) is 0 Å². The molecule has 0 nitrogen and oxygen atoms in total. The molecule has 1 aromatic carbocycles. The molecule has 82 valence electrons. The van der Waals surface area contributed by atoms with Crippen molar-refractivity contribution in [3.05, 3.63) is 48.0 Å². The second-order valence-corrected chi connectivity index (χ2v) is 4.02. The highest BCUT2D eigenvalue weighted by Crippen LogP contribution is 2.22. The van der Waals surface area contributed by atoms with Gasteiger partial charge in [0, 0.05) is 5.92 Å². The summed E-state index contributed by atoms with van der Waals surface area (Å²) in [5, 5.41) is 0. The van der Waals surface area contributed by atoms with E-state index in [0.29, 0.717) is 5.92 Å². The Morgan fingerprint density at radius 1 is 1.07 bits per heavy atom. The summed E-state index contributed by atoms with van der Waals surface area (Å²) in [5.41, 5.74) is 1.45. The Hall–Kier alpha value is -1.04.